The number of unbranched alkanes of at least 4 members (excludes halogenated alkanes) is 1. The van der Waals surface area contributed by atoms with E-state index in [1.165, 1.54) is 25.7 Å². The first-order valence-corrected chi connectivity index (χ1v) is 5.02. The molecule has 0 saturated heterocycles. The number of carbonyl (C=O) groups is 1. The number of allylic oxidation sites excluding steroid dienone is 2. The number of hydrogen-bond acceptors (Lipinski definition) is 1. The molecule has 0 bridgehead atoms. The van der Waals surface area contributed by atoms with Crippen molar-refractivity contribution < 1.29 is 4.79 Å². The zero-order valence-electron chi connectivity index (χ0n) is 7.88. The molecule has 12 heavy (non-hydrogen) atoms. The standard InChI is InChI=1S/C11H18O/c1-2-3-6-10-7-4-5-8-11(12)9-10/h5,8,10H,2-4,6-7,9H2,1H3. The maximum atomic E-state index is 11.2. The van der Waals surface area contributed by atoms with Crippen molar-refractivity contribution in [2.24, 2.45) is 5.92 Å². The summed E-state index contributed by atoms with van der Waals surface area (Å²) in [4.78, 5) is 11.2. The van der Waals surface area contributed by atoms with Crippen molar-refractivity contribution in [3.63, 3.8) is 0 Å². The van der Waals surface area contributed by atoms with E-state index >= 15 is 0 Å². The molecular formula is C11H18O. The zero-order valence-corrected chi connectivity index (χ0v) is 7.88. The fourth-order valence-electron chi connectivity index (χ4n) is 1.74. The van der Waals surface area contributed by atoms with Crippen molar-refractivity contribution >= 4 is 5.78 Å². The highest BCUT2D eigenvalue weighted by atomic mass is 16.1. The van der Waals surface area contributed by atoms with E-state index in [0.717, 1.165) is 12.8 Å². The molecule has 0 aromatic carbocycles. The molecule has 68 valence electrons. The second-order valence-electron chi connectivity index (χ2n) is 3.66. The van der Waals surface area contributed by atoms with Crippen LogP contribution in [0, 0.1) is 5.92 Å². The molecule has 0 N–H and O–H groups in total. The second kappa shape index (κ2) is 5.13. The SMILES string of the molecule is CCCCC1CCC=CC(=O)C1. The van der Waals surface area contributed by atoms with Gasteiger partial charge in [-0.2, -0.15) is 0 Å². The summed E-state index contributed by atoms with van der Waals surface area (Å²) < 4.78 is 0. The van der Waals surface area contributed by atoms with Gasteiger partial charge in [0, 0.05) is 6.42 Å². The minimum Gasteiger partial charge on any atom is -0.295 e. The van der Waals surface area contributed by atoms with Crippen LogP contribution in [0.5, 0.6) is 0 Å². The minimum absolute atomic E-state index is 0.327. The lowest BCUT2D eigenvalue weighted by atomic mass is 9.94. The molecule has 1 aliphatic carbocycles. The molecule has 0 spiro atoms. The molecule has 1 unspecified atom stereocenters. The van der Waals surface area contributed by atoms with E-state index in [1.807, 2.05) is 6.08 Å². The van der Waals surface area contributed by atoms with E-state index in [4.69, 9.17) is 0 Å². The van der Waals surface area contributed by atoms with Gasteiger partial charge in [0.1, 0.15) is 0 Å². The first kappa shape index (κ1) is 9.50. The normalized spacial score (nSPS) is 24.1. The highest BCUT2D eigenvalue weighted by molar-refractivity contribution is 5.89. The van der Waals surface area contributed by atoms with Gasteiger partial charge >= 0.3 is 0 Å². The van der Waals surface area contributed by atoms with Crippen LogP contribution in [0.2, 0.25) is 0 Å². The third kappa shape index (κ3) is 3.21. The molecule has 0 saturated carbocycles. The molecule has 1 nitrogen and oxygen atoms in total. The van der Waals surface area contributed by atoms with E-state index < -0.39 is 0 Å². The molecule has 0 fully saturated rings. The Labute approximate surface area is 74.9 Å². The molecule has 1 rings (SSSR count). The molecule has 1 heteroatoms. The second-order valence-corrected chi connectivity index (χ2v) is 3.66. The average Bonchev–Trinajstić information content (AvgIpc) is 2.26. The Morgan fingerprint density at radius 2 is 2.42 bits per heavy atom. The number of rotatable bonds is 3. The summed E-state index contributed by atoms with van der Waals surface area (Å²) in [5, 5.41) is 0. The van der Waals surface area contributed by atoms with Crippen molar-refractivity contribution in [2.75, 3.05) is 0 Å². The van der Waals surface area contributed by atoms with Gasteiger partial charge in [-0.25, -0.2) is 0 Å². The van der Waals surface area contributed by atoms with E-state index in [0.29, 0.717) is 11.7 Å². The van der Waals surface area contributed by atoms with E-state index in [1.54, 1.807) is 6.08 Å². The van der Waals surface area contributed by atoms with Crippen LogP contribution in [-0.4, -0.2) is 5.78 Å². The van der Waals surface area contributed by atoms with Gasteiger partial charge in [0.2, 0.25) is 0 Å². The molecule has 0 amide bonds. The smallest absolute Gasteiger partial charge is 0.155 e. The Kier molecular flexibility index (Phi) is 4.06. The molecular weight excluding hydrogens is 148 g/mol. The number of carbonyl (C=O) groups excluding carboxylic acids is 1. The number of hydrogen-bond donors (Lipinski definition) is 0. The van der Waals surface area contributed by atoms with Gasteiger partial charge in [0.25, 0.3) is 0 Å². The molecule has 1 atom stereocenters. The molecule has 0 aromatic heterocycles. The van der Waals surface area contributed by atoms with Crippen molar-refractivity contribution in [1.29, 1.82) is 0 Å². The van der Waals surface area contributed by atoms with Gasteiger partial charge < -0.3 is 0 Å². The van der Waals surface area contributed by atoms with Crippen molar-refractivity contribution in [1.82, 2.24) is 0 Å². The average molecular weight is 166 g/mol. The van der Waals surface area contributed by atoms with Crippen molar-refractivity contribution in [2.45, 2.75) is 45.4 Å². The quantitative estimate of drug-likeness (QED) is 0.629. The lowest BCUT2D eigenvalue weighted by Gasteiger charge is -2.11. The molecule has 0 heterocycles. The number of ketones is 1. The van der Waals surface area contributed by atoms with Crippen LogP contribution in [-0.2, 0) is 4.79 Å². The highest BCUT2D eigenvalue weighted by Crippen LogP contribution is 2.21. The van der Waals surface area contributed by atoms with Crippen LogP contribution in [0.1, 0.15) is 45.4 Å². The van der Waals surface area contributed by atoms with Gasteiger partial charge in [-0.15, -0.1) is 0 Å². The first-order chi connectivity index (χ1) is 5.83. The summed E-state index contributed by atoms with van der Waals surface area (Å²) in [7, 11) is 0. The van der Waals surface area contributed by atoms with Gasteiger partial charge in [0.15, 0.2) is 5.78 Å². The van der Waals surface area contributed by atoms with Crippen LogP contribution in [0.3, 0.4) is 0 Å². The summed E-state index contributed by atoms with van der Waals surface area (Å²) in [6, 6.07) is 0. The molecule has 0 aromatic rings. The predicted octanol–water partition coefficient (Wildman–Crippen LogP) is 3.10. The van der Waals surface area contributed by atoms with Crippen LogP contribution in [0.25, 0.3) is 0 Å². The van der Waals surface area contributed by atoms with Crippen LogP contribution >= 0.6 is 0 Å². The van der Waals surface area contributed by atoms with Crippen LogP contribution in [0.15, 0.2) is 12.2 Å². The summed E-state index contributed by atoms with van der Waals surface area (Å²) >= 11 is 0. The largest absolute Gasteiger partial charge is 0.295 e. The van der Waals surface area contributed by atoms with Gasteiger partial charge in [-0.3, -0.25) is 4.79 Å². The Balaban J connectivity index is 2.30. The van der Waals surface area contributed by atoms with Gasteiger partial charge in [-0.1, -0.05) is 32.3 Å². The molecule has 0 radical (unpaired) electrons. The van der Waals surface area contributed by atoms with Crippen molar-refractivity contribution in [3.8, 4) is 0 Å². The topological polar surface area (TPSA) is 17.1 Å². The zero-order chi connectivity index (χ0) is 8.81. The van der Waals surface area contributed by atoms with Crippen LogP contribution in [0.4, 0.5) is 0 Å². The predicted molar refractivity (Wildman–Crippen MR) is 51.0 cm³/mol. The van der Waals surface area contributed by atoms with E-state index in [2.05, 4.69) is 6.92 Å². The summed E-state index contributed by atoms with van der Waals surface area (Å²) in [6.07, 6.45) is 10.6. The Morgan fingerprint density at radius 3 is 3.17 bits per heavy atom. The molecule has 0 aliphatic heterocycles. The molecule has 1 aliphatic rings. The van der Waals surface area contributed by atoms with E-state index in [-0.39, 0.29) is 0 Å². The Hall–Kier alpha value is -0.590. The minimum atomic E-state index is 0.327. The lowest BCUT2D eigenvalue weighted by molar-refractivity contribution is -0.115. The van der Waals surface area contributed by atoms with Crippen LogP contribution < -0.4 is 0 Å². The fraction of sp³-hybridized carbons (Fsp3) is 0.727. The van der Waals surface area contributed by atoms with E-state index in [9.17, 15) is 4.79 Å². The highest BCUT2D eigenvalue weighted by Gasteiger charge is 2.13. The lowest BCUT2D eigenvalue weighted by Crippen LogP contribution is -2.04. The monoisotopic (exact) mass is 166 g/mol. The fourth-order valence-corrected chi connectivity index (χ4v) is 1.74. The summed E-state index contributed by atoms with van der Waals surface area (Å²) in [6.45, 7) is 2.21. The first-order valence-electron chi connectivity index (χ1n) is 5.02. The maximum absolute atomic E-state index is 11.2. The third-order valence-electron chi connectivity index (χ3n) is 2.50. The maximum Gasteiger partial charge on any atom is 0.155 e. The summed E-state index contributed by atoms with van der Waals surface area (Å²) in [5.74, 6) is 0.987. The Bertz CT molecular complexity index is 170. The summed E-state index contributed by atoms with van der Waals surface area (Å²) in [5.41, 5.74) is 0. The van der Waals surface area contributed by atoms with Gasteiger partial charge in [0.05, 0.1) is 0 Å². The third-order valence-corrected chi connectivity index (χ3v) is 2.50. The van der Waals surface area contributed by atoms with Gasteiger partial charge in [-0.05, 0) is 24.8 Å². The van der Waals surface area contributed by atoms with Crippen molar-refractivity contribution in [3.05, 3.63) is 12.2 Å². The Morgan fingerprint density at radius 1 is 1.58 bits per heavy atom.